The SMILES string of the molecule is NC(c1cc(Br)ccc1Br)c1ccc(Br)c2ccccc12. The van der Waals surface area contributed by atoms with Gasteiger partial charge in [-0.2, -0.15) is 0 Å². The molecule has 1 atom stereocenters. The number of fused-ring (bicyclic) bond motifs is 1. The number of rotatable bonds is 2. The molecule has 0 aliphatic heterocycles. The minimum absolute atomic E-state index is 0.185. The number of benzene rings is 3. The summed E-state index contributed by atoms with van der Waals surface area (Å²) >= 11 is 10.7. The van der Waals surface area contributed by atoms with Crippen LogP contribution in [-0.2, 0) is 0 Å². The molecule has 0 bridgehead atoms. The lowest BCUT2D eigenvalue weighted by molar-refractivity contribution is 0.873. The number of halogens is 3. The maximum atomic E-state index is 6.54. The van der Waals surface area contributed by atoms with Gasteiger partial charge in [0.15, 0.2) is 0 Å². The van der Waals surface area contributed by atoms with Crippen LogP contribution in [0.4, 0.5) is 0 Å². The standard InChI is InChI=1S/C17H12Br3N/c18-10-5-7-16(20)14(9-10)17(21)13-6-8-15(19)12-4-2-1-3-11(12)13/h1-9,17H,21H2. The second-order valence-electron chi connectivity index (χ2n) is 4.83. The van der Waals surface area contributed by atoms with Crippen LogP contribution in [0.15, 0.2) is 68.0 Å². The van der Waals surface area contributed by atoms with Crippen molar-refractivity contribution >= 4 is 58.6 Å². The average molecular weight is 470 g/mol. The predicted molar refractivity (Wildman–Crippen MR) is 99.5 cm³/mol. The largest absolute Gasteiger partial charge is 0.320 e. The average Bonchev–Trinajstić information content (AvgIpc) is 2.50. The molecule has 1 unspecified atom stereocenters. The van der Waals surface area contributed by atoms with Gasteiger partial charge in [0, 0.05) is 13.4 Å². The number of hydrogen-bond donors (Lipinski definition) is 1. The van der Waals surface area contributed by atoms with E-state index in [1.165, 1.54) is 10.8 Å². The molecule has 3 aromatic rings. The highest BCUT2D eigenvalue weighted by molar-refractivity contribution is 9.11. The third kappa shape index (κ3) is 2.95. The molecule has 2 N–H and O–H groups in total. The third-order valence-corrected chi connectivity index (χ3v) is 5.44. The quantitative estimate of drug-likeness (QED) is 0.476. The van der Waals surface area contributed by atoms with E-state index in [1.54, 1.807) is 0 Å². The van der Waals surface area contributed by atoms with Gasteiger partial charge in [-0.15, -0.1) is 0 Å². The van der Waals surface area contributed by atoms with Gasteiger partial charge in [0.25, 0.3) is 0 Å². The minimum Gasteiger partial charge on any atom is -0.320 e. The fraction of sp³-hybridized carbons (Fsp3) is 0.0588. The number of hydrogen-bond acceptors (Lipinski definition) is 1. The molecule has 0 heterocycles. The van der Waals surface area contributed by atoms with E-state index in [-0.39, 0.29) is 6.04 Å². The molecule has 1 nitrogen and oxygen atoms in total. The third-order valence-electron chi connectivity index (χ3n) is 3.53. The van der Waals surface area contributed by atoms with E-state index in [1.807, 2.05) is 24.3 Å². The normalized spacial score (nSPS) is 12.6. The van der Waals surface area contributed by atoms with Crippen molar-refractivity contribution in [1.29, 1.82) is 0 Å². The van der Waals surface area contributed by atoms with Gasteiger partial charge in [-0.25, -0.2) is 0 Å². The summed E-state index contributed by atoms with van der Waals surface area (Å²) in [7, 11) is 0. The maximum Gasteiger partial charge on any atom is 0.0569 e. The fourth-order valence-corrected chi connectivity index (χ4v) is 3.83. The van der Waals surface area contributed by atoms with E-state index in [0.717, 1.165) is 24.5 Å². The minimum atomic E-state index is -0.185. The summed E-state index contributed by atoms with van der Waals surface area (Å²) in [6, 6.07) is 18.3. The van der Waals surface area contributed by atoms with E-state index in [0.29, 0.717) is 0 Å². The Balaban J connectivity index is 2.20. The van der Waals surface area contributed by atoms with Gasteiger partial charge in [0.2, 0.25) is 0 Å². The predicted octanol–water partition coefficient (Wildman–Crippen LogP) is 6.18. The highest BCUT2D eigenvalue weighted by atomic mass is 79.9. The van der Waals surface area contributed by atoms with Gasteiger partial charge in [-0.3, -0.25) is 0 Å². The van der Waals surface area contributed by atoms with Crippen LogP contribution in [0, 0.1) is 0 Å². The zero-order valence-electron chi connectivity index (χ0n) is 11.0. The molecule has 0 fully saturated rings. The second-order valence-corrected chi connectivity index (χ2v) is 7.45. The fourth-order valence-electron chi connectivity index (χ4n) is 2.48. The van der Waals surface area contributed by atoms with Gasteiger partial charge in [0.1, 0.15) is 0 Å². The molecule has 0 saturated carbocycles. The topological polar surface area (TPSA) is 26.0 Å². The maximum absolute atomic E-state index is 6.54. The second kappa shape index (κ2) is 6.21. The molecule has 0 aliphatic rings. The van der Waals surface area contributed by atoms with Gasteiger partial charge in [-0.1, -0.05) is 78.1 Å². The summed E-state index contributed by atoms with van der Waals surface area (Å²) in [6.45, 7) is 0. The van der Waals surface area contributed by atoms with Crippen molar-refractivity contribution in [3.8, 4) is 0 Å². The van der Waals surface area contributed by atoms with Crippen LogP contribution in [0.25, 0.3) is 10.8 Å². The van der Waals surface area contributed by atoms with Crippen molar-refractivity contribution in [1.82, 2.24) is 0 Å². The van der Waals surface area contributed by atoms with E-state index >= 15 is 0 Å². The van der Waals surface area contributed by atoms with Crippen LogP contribution in [0.2, 0.25) is 0 Å². The molecule has 106 valence electrons. The smallest absolute Gasteiger partial charge is 0.0569 e. The van der Waals surface area contributed by atoms with Crippen LogP contribution in [0.5, 0.6) is 0 Å². The Labute approximate surface area is 148 Å². The summed E-state index contributed by atoms with van der Waals surface area (Å²) in [5.74, 6) is 0. The van der Waals surface area contributed by atoms with E-state index in [9.17, 15) is 0 Å². The Morgan fingerprint density at radius 2 is 1.38 bits per heavy atom. The van der Waals surface area contributed by atoms with Gasteiger partial charge >= 0.3 is 0 Å². The first-order chi connectivity index (χ1) is 10.1. The molecule has 0 amide bonds. The van der Waals surface area contributed by atoms with Gasteiger partial charge in [-0.05, 0) is 46.2 Å². The molecular weight excluding hydrogens is 458 g/mol. The summed E-state index contributed by atoms with van der Waals surface area (Å²) in [6.07, 6.45) is 0. The Kier molecular flexibility index (Phi) is 4.50. The van der Waals surface area contributed by atoms with Crippen molar-refractivity contribution in [3.63, 3.8) is 0 Å². The first-order valence-electron chi connectivity index (χ1n) is 6.45. The monoisotopic (exact) mass is 467 g/mol. The highest BCUT2D eigenvalue weighted by Gasteiger charge is 2.16. The van der Waals surface area contributed by atoms with Crippen molar-refractivity contribution in [2.75, 3.05) is 0 Å². The van der Waals surface area contributed by atoms with Crippen molar-refractivity contribution in [2.45, 2.75) is 6.04 Å². The molecule has 0 aromatic heterocycles. The Hall–Kier alpha value is -0.680. The lowest BCUT2D eigenvalue weighted by Crippen LogP contribution is -2.13. The van der Waals surface area contributed by atoms with Crippen LogP contribution >= 0.6 is 47.8 Å². The zero-order chi connectivity index (χ0) is 15.0. The Morgan fingerprint density at radius 1 is 0.714 bits per heavy atom. The van der Waals surface area contributed by atoms with Crippen molar-refractivity contribution in [2.24, 2.45) is 5.73 Å². The van der Waals surface area contributed by atoms with E-state index < -0.39 is 0 Å². The van der Waals surface area contributed by atoms with Crippen LogP contribution in [-0.4, -0.2) is 0 Å². The zero-order valence-corrected chi connectivity index (χ0v) is 15.7. The first kappa shape index (κ1) is 15.2. The summed E-state index contributed by atoms with van der Waals surface area (Å²) in [5, 5.41) is 2.35. The molecule has 3 aromatic carbocycles. The molecular formula is C17H12Br3N. The molecule has 0 spiro atoms. The van der Waals surface area contributed by atoms with Gasteiger partial charge < -0.3 is 5.73 Å². The van der Waals surface area contributed by atoms with Gasteiger partial charge in [0.05, 0.1) is 6.04 Å². The summed E-state index contributed by atoms with van der Waals surface area (Å²) < 4.78 is 3.13. The van der Waals surface area contributed by atoms with E-state index in [4.69, 9.17) is 5.73 Å². The molecule has 0 saturated heterocycles. The summed E-state index contributed by atoms with van der Waals surface area (Å²) in [5.41, 5.74) is 8.72. The van der Waals surface area contributed by atoms with Crippen molar-refractivity contribution < 1.29 is 0 Å². The molecule has 3 rings (SSSR count). The molecule has 0 radical (unpaired) electrons. The van der Waals surface area contributed by atoms with Crippen LogP contribution in [0.1, 0.15) is 17.2 Å². The number of nitrogens with two attached hydrogens (primary N) is 1. The van der Waals surface area contributed by atoms with Crippen molar-refractivity contribution in [3.05, 3.63) is 79.1 Å². The molecule has 4 heteroatoms. The summed E-state index contributed by atoms with van der Waals surface area (Å²) in [4.78, 5) is 0. The molecule has 0 aliphatic carbocycles. The lowest BCUT2D eigenvalue weighted by atomic mass is 9.94. The van der Waals surface area contributed by atoms with Crippen LogP contribution < -0.4 is 5.73 Å². The Morgan fingerprint density at radius 3 is 2.14 bits per heavy atom. The first-order valence-corrected chi connectivity index (χ1v) is 8.83. The molecule has 21 heavy (non-hydrogen) atoms. The lowest BCUT2D eigenvalue weighted by Gasteiger charge is -2.18. The highest BCUT2D eigenvalue weighted by Crippen LogP contribution is 2.35. The van der Waals surface area contributed by atoms with E-state index in [2.05, 4.69) is 78.1 Å². The Bertz CT molecular complexity index is 814. The van der Waals surface area contributed by atoms with Crippen LogP contribution in [0.3, 0.4) is 0 Å².